The fourth-order valence-electron chi connectivity index (χ4n) is 1.49. The van der Waals surface area contributed by atoms with Gasteiger partial charge in [0.05, 0.1) is 0 Å². The first-order valence-electron chi connectivity index (χ1n) is 5.87. The predicted molar refractivity (Wildman–Crippen MR) is 56.0 cm³/mol. The second-order valence-electron chi connectivity index (χ2n) is 4.43. The number of hydrogen-bond donors (Lipinski definition) is 0. The molecule has 0 aromatic carbocycles. The first kappa shape index (κ1) is 14.9. The Balaban J connectivity index is 3.34. The van der Waals surface area contributed by atoms with Crippen LogP contribution < -0.4 is 10.2 Å². The molecule has 0 N–H and O–H groups in total. The summed E-state index contributed by atoms with van der Waals surface area (Å²) in [6.45, 7) is 3.29. The van der Waals surface area contributed by atoms with E-state index in [0.717, 1.165) is 25.7 Å². The highest BCUT2D eigenvalue weighted by Gasteiger charge is 2.04. The minimum Gasteiger partial charge on any atom is -0.550 e. The molecular formula is C12H20O4-2. The van der Waals surface area contributed by atoms with Crippen LogP contribution in [0.2, 0.25) is 0 Å². The lowest BCUT2D eigenvalue weighted by Gasteiger charge is -2.13. The van der Waals surface area contributed by atoms with Gasteiger partial charge in [-0.05, 0) is 24.7 Å². The highest BCUT2D eigenvalue weighted by molar-refractivity contribution is 5.67. The van der Waals surface area contributed by atoms with Gasteiger partial charge in [-0.2, -0.15) is 0 Å². The van der Waals surface area contributed by atoms with Gasteiger partial charge in [-0.1, -0.05) is 39.5 Å². The normalized spacial score (nSPS) is 14.4. The summed E-state index contributed by atoms with van der Waals surface area (Å²) < 4.78 is 0. The Morgan fingerprint density at radius 2 is 1.12 bits per heavy atom. The molecule has 0 aromatic heterocycles. The lowest BCUT2D eigenvalue weighted by Crippen LogP contribution is -2.29. The van der Waals surface area contributed by atoms with Gasteiger partial charge in [0.25, 0.3) is 0 Å². The van der Waals surface area contributed by atoms with Crippen LogP contribution in [0.4, 0.5) is 0 Å². The molecule has 0 rings (SSSR count). The maximum atomic E-state index is 10.4. The van der Waals surface area contributed by atoms with Crippen LogP contribution in [0.1, 0.15) is 52.4 Å². The van der Waals surface area contributed by atoms with Crippen LogP contribution in [-0.4, -0.2) is 11.9 Å². The molecule has 0 aliphatic rings. The fraction of sp³-hybridized carbons (Fsp3) is 0.833. The summed E-state index contributed by atoms with van der Waals surface area (Å²) in [5, 5.41) is 20.8. The Bertz CT molecular complexity index is 201. The van der Waals surface area contributed by atoms with E-state index in [0.29, 0.717) is 12.8 Å². The van der Waals surface area contributed by atoms with Crippen LogP contribution in [0.3, 0.4) is 0 Å². The van der Waals surface area contributed by atoms with Crippen LogP contribution in [-0.2, 0) is 9.59 Å². The number of aliphatic carboxylic acids is 2. The summed E-state index contributed by atoms with van der Waals surface area (Å²) in [7, 11) is 0. The van der Waals surface area contributed by atoms with Crippen LogP contribution in [0.15, 0.2) is 0 Å². The third-order valence-corrected chi connectivity index (χ3v) is 2.83. The van der Waals surface area contributed by atoms with E-state index in [1.807, 2.05) is 0 Å². The van der Waals surface area contributed by atoms with Crippen LogP contribution >= 0.6 is 0 Å². The molecule has 0 saturated carbocycles. The number of rotatable bonds is 9. The summed E-state index contributed by atoms with van der Waals surface area (Å²) >= 11 is 0. The van der Waals surface area contributed by atoms with E-state index in [4.69, 9.17) is 0 Å². The molecule has 0 aliphatic heterocycles. The first-order valence-corrected chi connectivity index (χ1v) is 5.87. The second-order valence-corrected chi connectivity index (χ2v) is 4.43. The summed E-state index contributed by atoms with van der Waals surface area (Å²) in [5.41, 5.74) is 0. The number of carbonyl (C=O) groups excluding carboxylic acids is 2. The minimum absolute atomic E-state index is 0.387. The van der Waals surface area contributed by atoms with Gasteiger partial charge < -0.3 is 19.8 Å². The number of hydrogen-bond acceptors (Lipinski definition) is 4. The molecular weight excluding hydrogens is 208 g/mol. The quantitative estimate of drug-likeness (QED) is 0.524. The standard InChI is InChI=1S/C12H22O4/c1-9(11(13)14)7-5-3-4-6-8-10(2)12(15)16/h9-10H,3-8H2,1-2H3,(H,13,14)(H,15,16)/p-2/t9-,10+. The maximum Gasteiger partial charge on any atom is 0.0442 e. The second kappa shape index (κ2) is 8.13. The van der Waals surface area contributed by atoms with Crippen molar-refractivity contribution in [2.75, 3.05) is 0 Å². The third-order valence-electron chi connectivity index (χ3n) is 2.83. The van der Waals surface area contributed by atoms with Gasteiger partial charge in [-0.25, -0.2) is 0 Å². The number of unbranched alkanes of at least 4 members (excludes halogenated alkanes) is 3. The van der Waals surface area contributed by atoms with Crippen LogP contribution in [0.5, 0.6) is 0 Å². The van der Waals surface area contributed by atoms with Crippen molar-refractivity contribution in [3.8, 4) is 0 Å². The largest absolute Gasteiger partial charge is 0.550 e. The molecule has 0 heterocycles. The Morgan fingerprint density at radius 3 is 1.38 bits per heavy atom. The lowest BCUT2D eigenvalue weighted by atomic mass is 10.00. The van der Waals surface area contributed by atoms with Crippen LogP contribution in [0.25, 0.3) is 0 Å². The Morgan fingerprint density at radius 1 is 0.812 bits per heavy atom. The summed E-state index contributed by atoms with van der Waals surface area (Å²) in [6, 6.07) is 0. The van der Waals surface area contributed by atoms with Crippen molar-refractivity contribution >= 4 is 11.9 Å². The topological polar surface area (TPSA) is 80.3 Å². The molecule has 0 saturated heterocycles. The maximum absolute atomic E-state index is 10.4. The lowest BCUT2D eigenvalue weighted by molar-refractivity contribution is -0.312. The molecule has 0 amide bonds. The van der Waals surface area contributed by atoms with Gasteiger partial charge in [-0.3, -0.25) is 0 Å². The number of carboxylic acid groups (broad SMARTS) is 2. The van der Waals surface area contributed by atoms with Gasteiger partial charge in [0.2, 0.25) is 0 Å². The van der Waals surface area contributed by atoms with Gasteiger partial charge in [-0.15, -0.1) is 0 Å². The smallest absolute Gasteiger partial charge is 0.0442 e. The van der Waals surface area contributed by atoms with E-state index in [-0.39, 0.29) is 11.8 Å². The molecule has 0 aliphatic carbocycles. The predicted octanol–water partition coefficient (Wildman–Crippen LogP) is 0.0990. The zero-order chi connectivity index (χ0) is 12.6. The van der Waals surface area contributed by atoms with Crippen molar-refractivity contribution in [3.63, 3.8) is 0 Å². The molecule has 0 fully saturated rings. The summed E-state index contributed by atoms with van der Waals surface area (Å²) in [5.74, 6) is -2.76. The van der Waals surface area contributed by atoms with Crippen molar-refractivity contribution < 1.29 is 19.8 Å². The Labute approximate surface area is 96.7 Å². The summed E-state index contributed by atoms with van der Waals surface area (Å²) in [6.07, 6.45) is 4.87. The average molecular weight is 228 g/mol. The van der Waals surface area contributed by atoms with E-state index < -0.39 is 11.9 Å². The highest BCUT2D eigenvalue weighted by atomic mass is 16.4. The molecule has 0 radical (unpaired) electrons. The van der Waals surface area contributed by atoms with Crippen molar-refractivity contribution in [2.45, 2.75) is 52.4 Å². The molecule has 0 spiro atoms. The molecule has 4 nitrogen and oxygen atoms in total. The molecule has 16 heavy (non-hydrogen) atoms. The van der Waals surface area contributed by atoms with E-state index in [2.05, 4.69) is 0 Å². The number of carboxylic acids is 2. The molecule has 0 bridgehead atoms. The zero-order valence-electron chi connectivity index (χ0n) is 10.0. The minimum atomic E-state index is -0.995. The molecule has 2 atom stereocenters. The van der Waals surface area contributed by atoms with E-state index in [1.165, 1.54) is 0 Å². The van der Waals surface area contributed by atoms with E-state index in [9.17, 15) is 19.8 Å². The van der Waals surface area contributed by atoms with Crippen molar-refractivity contribution in [3.05, 3.63) is 0 Å². The third kappa shape index (κ3) is 7.26. The van der Waals surface area contributed by atoms with Gasteiger partial charge in [0, 0.05) is 11.9 Å². The zero-order valence-corrected chi connectivity index (χ0v) is 10.0. The molecule has 0 aromatic rings. The average Bonchev–Trinajstić information content (AvgIpc) is 2.21. The molecule has 0 unspecified atom stereocenters. The van der Waals surface area contributed by atoms with Gasteiger partial charge in [0.1, 0.15) is 0 Å². The SMILES string of the molecule is C[C@H](CCCCCC[C@H](C)C(=O)[O-])C(=O)[O-]. The van der Waals surface area contributed by atoms with E-state index in [1.54, 1.807) is 13.8 Å². The van der Waals surface area contributed by atoms with Crippen molar-refractivity contribution in [1.29, 1.82) is 0 Å². The first-order chi connectivity index (χ1) is 7.45. The van der Waals surface area contributed by atoms with Crippen molar-refractivity contribution in [2.24, 2.45) is 11.8 Å². The summed E-state index contributed by atoms with van der Waals surface area (Å²) in [4.78, 5) is 20.8. The highest BCUT2D eigenvalue weighted by Crippen LogP contribution is 2.13. The Kier molecular flexibility index (Phi) is 7.60. The van der Waals surface area contributed by atoms with Crippen LogP contribution in [0, 0.1) is 11.8 Å². The molecule has 4 heteroatoms. The Hall–Kier alpha value is -1.06. The van der Waals surface area contributed by atoms with Gasteiger partial charge >= 0.3 is 0 Å². The number of carbonyl (C=O) groups is 2. The van der Waals surface area contributed by atoms with E-state index >= 15 is 0 Å². The van der Waals surface area contributed by atoms with Crippen molar-refractivity contribution in [1.82, 2.24) is 0 Å². The molecule has 94 valence electrons. The fourth-order valence-corrected chi connectivity index (χ4v) is 1.49. The van der Waals surface area contributed by atoms with Gasteiger partial charge in [0.15, 0.2) is 0 Å². The monoisotopic (exact) mass is 228 g/mol.